The Kier molecular flexibility index (Phi) is 5.17. The molecule has 0 atom stereocenters. The van der Waals surface area contributed by atoms with Crippen LogP contribution < -0.4 is 10.6 Å². The molecule has 1 heterocycles. The highest BCUT2D eigenvalue weighted by molar-refractivity contribution is 5.56. The minimum atomic E-state index is 0.421. The van der Waals surface area contributed by atoms with Crippen LogP contribution in [0.4, 0.5) is 11.6 Å². The summed E-state index contributed by atoms with van der Waals surface area (Å²) in [6, 6.07) is 0. The van der Waals surface area contributed by atoms with E-state index in [1.807, 2.05) is 0 Å². The molecule has 0 saturated heterocycles. The van der Waals surface area contributed by atoms with Crippen molar-refractivity contribution in [3.63, 3.8) is 0 Å². The lowest BCUT2D eigenvalue weighted by molar-refractivity contribution is 0.175. The smallest absolute Gasteiger partial charge is 0.134 e. The van der Waals surface area contributed by atoms with E-state index in [4.69, 9.17) is 4.74 Å². The molecule has 0 aromatic carbocycles. The van der Waals surface area contributed by atoms with Crippen molar-refractivity contribution in [1.82, 2.24) is 9.97 Å². The number of aromatic nitrogens is 2. The van der Waals surface area contributed by atoms with Crippen LogP contribution in [0.25, 0.3) is 0 Å². The highest BCUT2D eigenvalue weighted by atomic mass is 16.5. The van der Waals surface area contributed by atoms with Gasteiger partial charge in [-0.05, 0) is 38.0 Å². The van der Waals surface area contributed by atoms with Crippen molar-refractivity contribution in [1.29, 1.82) is 0 Å². The molecule has 0 radical (unpaired) electrons. The second-order valence-corrected chi connectivity index (χ2v) is 5.72. The van der Waals surface area contributed by atoms with Crippen LogP contribution in [0.5, 0.6) is 0 Å². The summed E-state index contributed by atoms with van der Waals surface area (Å²) in [5, 5.41) is 6.83. The number of nitrogens with zero attached hydrogens (tertiary/aromatic N) is 2. The van der Waals surface area contributed by atoms with Gasteiger partial charge in [0.25, 0.3) is 0 Å². The van der Waals surface area contributed by atoms with Crippen LogP contribution in [-0.2, 0) is 4.74 Å². The quantitative estimate of drug-likeness (QED) is 0.727. The minimum absolute atomic E-state index is 0.421. The van der Waals surface area contributed by atoms with Crippen LogP contribution in [0, 0.1) is 12.3 Å². The summed E-state index contributed by atoms with van der Waals surface area (Å²) in [7, 11) is 1.77. The molecule has 1 aliphatic rings. The Hall–Kier alpha value is -1.36. The van der Waals surface area contributed by atoms with Gasteiger partial charge in [0.05, 0.1) is 0 Å². The van der Waals surface area contributed by atoms with Gasteiger partial charge >= 0.3 is 0 Å². The van der Waals surface area contributed by atoms with E-state index in [1.165, 1.54) is 12.8 Å². The van der Waals surface area contributed by atoms with Crippen LogP contribution in [0.1, 0.15) is 38.2 Å². The van der Waals surface area contributed by atoms with Gasteiger partial charge in [0.1, 0.15) is 18.0 Å². The number of anilines is 2. The molecule has 0 unspecified atom stereocenters. The van der Waals surface area contributed by atoms with Crippen LogP contribution in [0.15, 0.2) is 6.33 Å². The molecule has 20 heavy (non-hydrogen) atoms. The van der Waals surface area contributed by atoms with E-state index in [0.717, 1.165) is 49.7 Å². The molecule has 0 amide bonds. The number of nitrogens with one attached hydrogen (secondary N) is 2. The largest absolute Gasteiger partial charge is 0.385 e. The highest BCUT2D eigenvalue weighted by Crippen LogP contribution is 2.48. The SMILES string of the molecule is CCCNc1ncnc(NCC2(CCOC)CC2)c1C. The lowest BCUT2D eigenvalue weighted by Crippen LogP contribution is -2.19. The number of ether oxygens (including phenoxy) is 1. The predicted octanol–water partition coefficient (Wildman–Crippen LogP) is 2.84. The molecular formula is C15H26N4O. The Morgan fingerprint density at radius 3 is 2.55 bits per heavy atom. The Bertz CT molecular complexity index is 432. The van der Waals surface area contributed by atoms with Gasteiger partial charge in [0.2, 0.25) is 0 Å². The zero-order valence-electron chi connectivity index (χ0n) is 12.8. The summed E-state index contributed by atoms with van der Waals surface area (Å²) >= 11 is 0. The van der Waals surface area contributed by atoms with Gasteiger partial charge in [0.15, 0.2) is 0 Å². The van der Waals surface area contributed by atoms with Crippen LogP contribution >= 0.6 is 0 Å². The molecule has 1 aliphatic carbocycles. The molecule has 0 bridgehead atoms. The summed E-state index contributed by atoms with van der Waals surface area (Å²) in [4.78, 5) is 8.67. The average molecular weight is 278 g/mol. The molecule has 1 saturated carbocycles. The second-order valence-electron chi connectivity index (χ2n) is 5.72. The van der Waals surface area contributed by atoms with E-state index in [9.17, 15) is 0 Å². The van der Waals surface area contributed by atoms with Gasteiger partial charge in [-0.1, -0.05) is 6.92 Å². The standard InChI is InChI=1S/C15H26N4O/c1-4-8-16-13-12(2)14(19-11-18-13)17-10-15(5-6-15)7-9-20-3/h11H,4-10H2,1-3H3,(H2,16,17,18,19). The zero-order chi connectivity index (χ0) is 14.4. The number of rotatable bonds is 9. The van der Waals surface area contributed by atoms with Crippen molar-refractivity contribution in [3.8, 4) is 0 Å². The van der Waals surface area contributed by atoms with Gasteiger partial charge in [-0.25, -0.2) is 9.97 Å². The van der Waals surface area contributed by atoms with Crippen molar-refractivity contribution < 1.29 is 4.74 Å². The van der Waals surface area contributed by atoms with E-state index < -0.39 is 0 Å². The summed E-state index contributed by atoms with van der Waals surface area (Å²) in [6.45, 7) is 6.97. The second kappa shape index (κ2) is 6.88. The van der Waals surface area contributed by atoms with Crippen LogP contribution in [-0.4, -0.2) is 36.8 Å². The van der Waals surface area contributed by atoms with Gasteiger partial charge in [-0.2, -0.15) is 0 Å². The van der Waals surface area contributed by atoms with Crippen molar-refractivity contribution in [2.45, 2.75) is 39.5 Å². The highest BCUT2D eigenvalue weighted by Gasteiger charge is 2.41. The minimum Gasteiger partial charge on any atom is -0.385 e. The molecular weight excluding hydrogens is 252 g/mol. The number of methoxy groups -OCH3 is 1. The first-order valence-electron chi connectivity index (χ1n) is 7.49. The van der Waals surface area contributed by atoms with E-state index in [2.05, 4.69) is 34.4 Å². The van der Waals surface area contributed by atoms with Gasteiger partial charge < -0.3 is 15.4 Å². The van der Waals surface area contributed by atoms with Crippen molar-refractivity contribution in [2.75, 3.05) is 37.4 Å². The Labute approximate surface area is 121 Å². The molecule has 5 heteroatoms. The summed E-state index contributed by atoms with van der Waals surface area (Å²) in [5.41, 5.74) is 1.52. The maximum absolute atomic E-state index is 5.19. The van der Waals surface area contributed by atoms with Crippen molar-refractivity contribution in [2.24, 2.45) is 5.41 Å². The Morgan fingerprint density at radius 1 is 1.25 bits per heavy atom. The van der Waals surface area contributed by atoms with E-state index in [1.54, 1.807) is 13.4 Å². The third kappa shape index (κ3) is 3.82. The maximum atomic E-state index is 5.19. The molecule has 0 aliphatic heterocycles. The van der Waals surface area contributed by atoms with Crippen LogP contribution in [0.3, 0.4) is 0 Å². The fraction of sp³-hybridized carbons (Fsp3) is 0.733. The lowest BCUT2D eigenvalue weighted by Gasteiger charge is -2.18. The van der Waals surface area contributed by atoms with Crippen LogP contribution in [0.2, 0.25) is 0 Å². The maximum Gasteiger partial charge on any atom is 0.134 e. The lowest BCUT2D eigenvalue weighted by atomic mass is 10.0. The zero-order valence-corrected chi connectivity index (χ0v) is 12.8. The Morgan fingerprint density at radius 2 is 1.95 bits per heavy atom. The molecule has 112 valence electrons. The first-order valence-corrected chi connectivity index (χ1v) is 7.49. The number of hydrogen-bond acceptors (Lipinski definition) is 5. The van der Waals surface area contributed by atoms with E-state index in [-0.39, 0.29) is 0 Å². The third-order valence-corrected chi connectivity index (χ3v) is 4.05. The molecule has 0 spiro atoms. The molecule has 2 rings (SSSR count). The predicted molar refractivity (Wildman–Crippen MR) is 82.2 cm³/mol. The molecule has 5 nitrogen and oxygen atoms in total. The Balaban J connectivity index is 1.92. The van der Waals surface area contributed by atoms with E-state index >= 15 is 0 Å². The third-order valence-electron chi connectivity index (χ3n) is 4.05. The van der Waals surface area contributed by atoms with Gasteiger partial charge in [-0.3, -0.25) is 0 Å². The molecule has 2 N–H and O–H groups in total. The fourth-order valence-corrected chi connectivity index (χ4v) is 2.33. The molecule has 1 aromatic rings. The summed E-state index contributed by atoms with van der Waals surface area (Å²) in [6.07, 6.45) is 6.42. The fourth-order valence-electron chi connectivity index (χ4n) is 2.33. The van der Waals surface area contributed by atoms with Gasteiger partial charge in [-0.15, -0.1) is 0 Å². The normalized spacial score (nSPS) is 15.9. The van der Waals surface area contributed by atoms with Gasteiger partial charge in [0, 0.05) is 32.4 Å². The molecule has 1 fully saturated rings. The topological polar surface area (TPSA) is 59.1 Å². The molecule has 1 aromatic heterocycles. The monoisotopic (exact) mass is 278 g/mol. The van der Waals surface area contributed by atoms with E-state index in [0.29, 0.717) is 5.41 Å². The summed E-state index contributed by atoms with van der Waals surface area (Å²) < 4.78 is 5.19. The van der Waals surface area contributed by atoms with Crippen molar-refractivity contribution in [3.05, 3.63) is 11.9 Å². The van der Waals surface area contributed by atoms with Crippen molar-refractivity contribution >= 4 is 11.6 Å². The number of hydrogen-bond donors (Lipinski definition) is 2. The summed E-state index contributed by atoms with van der Waals surface area (Å²) in [5.74, 6) is 1.88. The average Bonchev–Trinajstić information content (AvgIpc) is 3.23. The first kappa shape index (κ1) is 15.0. The first-order chi connectivity index (χ1) is 9.71.